The molecule has 5 rings (SSSR count). The Morgan fingerprint density at radius 2 is 1.79 bits per heavy atom. The van der Waals surface area contributed by atoms with Crippen molar-refractivity contribution in [2.24, 2.45) is 0 Å². The molecule has 39 heavy (non-hydrogen) atoms. The zero-order valence-electron chi connectivity index (χ0n) is 22.8. The Labute approximate surface area is 229 Å². The van der Waals surface area contributed by atoms with Crippen LogP contribution in [0.25, 0.3) is 11.3 Å². The minimum absolute atomic E-state index is 0.161. The maximum Gasteiger partial charge on any atom is 0.323 e. The van der Waals surface area contributed by atoms with Gasteiger partial charge in [-0.05, 0) is 88.2 Å². The van der Waals surface area contributed by atoms with E-state index in [0.717, 1.165) is 36.6 Å². The highest BCUT2D eigenvalue weighted by molar-refractivity contribution is 6.01. The molecule has 0 aliphatic carbocycles. The van der Waals surface area contributed by atoms with Crippen LogP contribution < -0.4 is 26.0 Å². The largest absolute Gasteiger partial charge is 0.457 e. The fourth-order valence-electron chi connectivity index (χ4n) is 4.46. The van der Waals surface area contributed by atoms with Crippen molar-refractivity contribution >= 4 is 23.2 Å². The molecular weight excluding hydrogens is 490 g/mol. The number of carbonyl (C=O) groups is 1. The Hall–Kier alpha value is -4.37. The number of amides is 2. The molecule has 9 heteroatoms. The van der Waals surface area contributed by atoms with Crippen molar-refractivity contribution in [3.05, 3.63) is 78.1 Å². The standard InChI is InChI=1S/C30H35N7O2/c1-19(2)33-28-16-26(12-14-32-28)39-25-9-7-24(8-10-25)34-30(38)35-27-18-37(20(3)4)36-29(27)22-5-6-23-17-31-13-11-21(23)15-22/h5-10,12,14-16,18-20,31H,11,13,17H2,1-4H3,(H,32,33)(H2,34,35,38). The topological polar surface area (TPSA) is 105 Å². The number of fused-ring (bicyclic) bond motifs is 1. The summed E-state index contributed by atoms with van der Waals surface area (Å²) in [5.41, 5.74) is 5.70. The first-order chi connectivity index (χ1) is 18.8. The Morgan fingerprint density at radius 1 is 0.974 bits per heavy atom. The molecule has 2 amide bonds. The van der Waals surface area contributed by atoms with Gasteiger partial charge in [-0.3, -0.25) is 4.68 Å². The first-order valence-corrected chi connectivity index (χ1v) is 13.3. The molecule has 0 saturated carbocycles. The highest BCUT2D eigenvalue weighted by atomic mass is 16.5. The molecule has 3 heterocycles. The van der Waals surface area contributed by atoms with E-state index in [2.05, 4.69) is 72.1 Å². The predicted molar refractivity (Wildman–Crippen MR) is 156 cm³/mol. The summed E-state index contributed by atoms with van der Waals surface area (Å²) < 4.78 is 7.84. The van der Waals surface area contributed by atoms with Gasteiger partial charge in [-0.1, -0.05) is 12.1 Å². The first kappa shape index (κ1) is 26.2. The lowest BCUT2D eigenvalue weighted by molar-refractivity contribution is 0.262. The van der Waals surface area contributed by atoms with E-state index in [0.29, 0.717) is 22.9 Å². The molecule has 9 nitrogen and oxygen atoms in total. The van der Waals surface area contributed by atoms with Crippen LogP contribution in [0.2, 0.25) is 0 Å². The molecule has 0 bridgehead atoms. The second-order valence-corrected chi connectivity index (χ2v) is 10.3. The zero-order valence-corrected chi connectivity index (χ0v) is 22.8. The van der Waals surface area contributed by atoms with E-state index in [9.17, 15) is 4.79 Å². The molecule has 4 aromatic rings. The normalized spacial score (nSPS) is 12.8. The molecule has 202 valence electrons. The van der Waals surface area contributed by atoms with Crippen molar-refractivity contribution < 1.29 is 9.53 Å². The third-order valence-corrected chi connectivity index (χ3v) is 6.39. The summed E-state index contributed by atoms with van der Waals surface area (Å²) in [6.45, 7) is 10.1. The van der Waals surface area contributed by atoms with Gasteiger partial charge in [0.1, 0.15) is 23.0 Å². The zero-order chi connectivity index (χ0) is 27.4. The van der Waals surface area contributed by atoms with Gasteiger partial charge in [0.05, 0.1) is 5.69 Å². The van der Waals surface area contributed by atoms with E-state index in [-0.39, 0.29) is 18.1 Å². The van der Waals surface area contributed by atoms with Crippen molar-refractivity contribution in [1.29, 1.82) is 0 Å². The number of ether oxygens (including phenoxy) is 1. The average Bonchev–Trinajstić information content (AvgIpc) is 3.33. The van der Waals surface area contributed by atoms with Gasteiger partial charge in [-0.25, -0.2) is 9.78 Å². The number of nitrogens with one attached hydrogen (secondary N) is 4. The molecule has 0 radical (unpaired) electrons. The second-order valence-electron chi connectivity index (χ2n) is 10.3. The minimum Gasteiger partial charge on any atom is -0.457 e. The third-order valence-electron chi connectivity index (χ3n) is 6.39. The maximum absolute atomic E-state index is 13.0. The lowest BCUT2D eigenvalue weighted by Crippen LogP contribution is -2.23. The molecule has 0 fully saturated rings. The molecule has 0 spiro atoms. The number of rotatable bonds is 8. The number of urea groups is 1. The second kappa shape index (κ2) is 11.6. The van der Waals surface area contributed by atoms with Crippen LogP contribution in [0.3, 0.4) is 0 Å². The predicted octanol–water partition coefficient (Wildman–Crippen LogP) is 6.43. The highest BCUT2D eigenvalue weighted by Crippen LogP contribution is 2.31. The number of nitrogens with zero attached hydrogens (tertiary/aromatic N) is 3. The van der Waals surface area contributed by atoms with Crippen molar-refractivity contribution in [3.8, 4) is 22.8 Å². The third kappa shape index (κ3) is 6.56. The van der Waals surface area contributed by atoms with Gasteiger partial charge in [0.25, 0.3) is 0 Å². The van der Waals surface area contributed by atoms with E-state index in [1.54, 1.807) is 24.4 Å². The summed E-state index contributed by atoms with van der Waals surface area (Å²) in [5.74, 6) is 2.09. The minimum atomic E-state index is -0.339. The summed E-state index contributed by atoms with van der Waals surface area (Å²) in [6, 6.07) is 17.4. The summed E-state index contributed by atoms with van der Waals surface area (Å²) in [7, 11) is 0. The van der Waals surface area contributed by atoms with Crippen molar-refractivity contribution in [2.45, 2.75) is 52.7 Å². The van der Waals surface area contributed by atoms with Crippen LogP contribution in [0.5, 0.6) is 11.5 Å². The maximum atomic E-state index is 13.0. The number of anilines is 3. The smallest absolute Gasteiger partial charge is 0.323 e. The van der Waals surface area contributed by atoms with Gasteiger partial charge in [-0.15, -0.1) is 0 Å². The number of hydrogen-bond acceptors (Lipinski definition) is 6. The van der Waals surface area contributed by atoms with Crippen LogP contribution in [0.4, 0.5) is 22.0 Å². The fraction of sp³-hybridized carbons (Fsp3) is 0.300. The van der Waals surface area contributed by atoms with Crippen LogP contribution in [0.15, 0.2) is 67.0 Å². The van der Waals surface area contributed by atoms with Gasteiger partial charge in [0.2, 0.25) is 0 Å². The Morgan fingerprint density at radius 3 is 2.56 bits per heavy atom. The van der Waals surface area contributed by atoms with Crippen LogP contribution in [-0.2, 0) is 13.0 Å². The lowest BCUT2D eigenvalue weighted by atomic mass is 9.97. The quantitative estimate of drug-likeness (QED) is 0.211. The van der Waals surface area contributed by atoms with Crippen molar-refractivity contribution in [1.82, 2.24) is 20.1 Å². The van der Waals surface area contributed by atoms with E-state index < -0.39 is 0 Å². The first-order valence-electron chi connectivity index (χ1n) is 13.3. The van der Waals surface area contributed by atoms with Gasteiger partial charge in [0, 0.05) is 48.3 Å². The molecule has 2 aromatic carbocycles. The van der Waals surface area contributed by atoms with Crippen molar-refractivity contribution in [3.63, 3.8) is 0 Å². The van der Waals surface area contributed by atoms with Gasteiger partial charge in [0.15, 0.2) is 0 Å². The SMILES string of the molecule is CC(C)Nc1cc(Oc2ccc(NC(=O)Nc3cn(C(C)C)nc3-c3ccc4c(c3)CCNC4)cc2)ccn1. The molecule has 0 unspecified atom stereocenters. The average molecular weight is 526 g/mol. The van der Waals surface area contributed by atoms with Gasteiger partial charge < -0.3 is 26.0 Å². The van der Waals surface area contributed by atoms with E-state index in [1.807, 2.05) is 29.1 Å². The van der Waals surface area contributed by atoms with Crippen molar-refractivity contribution in [2.75, 3.05) is 22.5 Å². The molecule has 1 aliphatic rings. The van der Waals surface area contributed by atoms with Crippen LogP contribution in [-0.4, -0.2) is 33.4 Å². The Bertz CT molecular complexity index is 1440. The number of hydrogen-bond donors (Lipinski definition) is 4. The molecule has 4 N–H and O–H groups in total. The van der Waals surface area contributed by atoms with Crippen LogP contribution in [0.1, 0.15) is 44.9 Å². The highest BCUT2D eigenvalue weighted by Gasteiger charge is 2.18. The molecule has 0 saturated heterocycles. The Kier molecular flexibility index (Phi) is 7.79. The number of carbonyl (C=O) groups excluding carboxylic acids is 1. The monoisotopic (exact) mass is 525 g/mol. The molecule has 1 aliphatic heterocycles. The summed E-state index contributed by atoms with van der Waals surface area (Å²) in [6.07, 6.45) is 4.57. The van der Waals surface area contributed by atoms with Gasteiger partial charge in [-0.2, -0.15) is 5.10 Å². The van der Waals surface area contributed by atoms with Crippen LogP contribution >= 0.6 is 0 Å². The molecule has 2 aromatic heterocycles. The number of aromatic nitrogens is 3. The summed E-state index contributed by atoms with van der Waals surface area (Å²) in [5, 5.41) is 17.4. The fourth-order valence-corrected chi connectivity index (χ4v) is 4.46. The lowest BCUT2D eigenvalue weighted by Gasteiger charge is -2.17. The van der Waals surface area contributed by atoms with E-state index in [4.69, 9.17) is 9.84 Å². The van der Waals surface area contributed by atoms with E-state index >= 15 is 0 Å². The van der Waals surface area contributed by atoms with Gasteiger partial charge >= 0.3 is 6.03 Å². The van der Waals surface area contributed by atoms with E-state index in [1.165, 1.54) is 11.1 Å². The molecule has 0 atom stereocenters. The Balaban J connectivity index is 1.27. The summed E-state index contributed by atoms with van der Waals surface area (Å²) in [4.78, 5) is 17.3. The number of benzene rings is 2. The number of pyridine rings is 1. The molecular formula is C30H35N7O2. The summed E-state index contributed by atoms with van der Waals surface area (Å²) >= 11 is 0. The van der Waals surface area contributed by atoms with Crippen LogP contribution in [0, 0.1) is 0 Å².